The Bertz CT molecular complexity index is 1310. The van der Waals surface area contributed by atoms with E-state index < -0.39 is 47.9 Å². The van der Waals surface area contributed by atoms with Crippen molar-refractivity contribution in [2.24, 2.45) is 0 Å². The fourth-order valence-electron chi connectivity index (χ4n) is 4.91. The van der Waals surface area contributed by atoms with Crippen LogP contribution in [0.1, 0.15) is 25.7 Å². The minimum Gasteiger partial charge on any atom is -0.403 e. The van der Waals surface area contributed by atoms with Gasteiger partial charge in [-0.05, 0) is 49.9 Å². The van der Waals surface area contributed by atoms with Gasteiger partial charge in [0.25, 0.3) is 0 Å². The molecule has 0 spiro atoms. The highest BCUT2D eigenvalue weighted by Crippen LogP contribution is 2.29. The number of hydrogen-bond donors (Lipinski definition) is 4. The topological polar surface area (TPSA) is 124 Å². The predicted molar refractivity (Wildman–Crippen MR) is 145 cm³/mol. The summed E-state index contributed by atoms with van der Waals surface area (Å²) in [6, 6.07) is 2.68. The number of piperidine rings is 2. The van der Waals surface area contributed by atoms with Gasteiger partial charge in [0.2, 0.25) is 0 Å². The third-order valence-corrected chi connectivity index (χ3v) is 7.03. The summed E-state index contributed by atoms with van der Waals surface area (Å²) < 4.78 is 109. The van der Waals surface area contributed by atoms with Gasteiger partial charge in [0, 0.05) is 61.8 Å². The van der Waals surface area contributed by atoms with Crippen LogP contribution in [0.15, 0.2) is 36.4 Å². The Labute approximate surface area is 256 Å². The zero-order valence-corrected chi connectivity index (χ0v) is 23.7. The molecule has 0 aliphatic carbocycles. The van der Waals surface area contributed by atoms with Gasteiger partial charge >= 0.3 is 30.8 Å². The molecule has 0 atom stereocenters. The number of nitrogens with one attached hydrogen (secondary N) is 4. The van der Waals surface area contributed by atoms with Crippen LogP contribution in [0.2, 0.25) is 0 Å². The summed E-state index contributed by atoms with van der Waals surface area (Å²) in [6.45, 7) is 1.30. The Morgan fingerprint density at radius 1 is 0.630 bits per heavy atom. The summed E-state index contributed by atoms with van der Waals surface area (Å²) in [6.07, 6.45) is -8.49. The van der Waals surface area contributed by atoms with E-state index in [1.165, 1.54) is 0 Å². The van der Waals surface area contributed by atoms with Crippen molar-refractivity contribution in [1.82, 2.24) is 20.4 Å². The van der Waals surface area contributed by atoms with Crippen molar-refractivity contribution in [3.05, 3.63) is 48.0 Å². The van der Waals surface area contributed by atoms with E-state index in [1.54, 1.807) is 9.80 Å². The molecule has 2 aliphatic heterocycles. The Kier molecular flexibility index (Phi) is 10.5. The number of anilines is 2. The summed E-state index contributed by atoms with van der Waals surface area (Å²) in [5.74, 6) is -4.70. The third-order valence-electron chi connectivity index (χ3n) is 7.03. The van der Waals surface area contributed by atoms with Crippen LogP contribution in [-0.4, -0.2) is 78.9 Å². The molecule has 2 aliphatic rings. The van der Waals surface area contributed by atoms with Gasteiger partial charge < -0.3 is 40.5 Å². The number of halogens is 8. The Morgan fingerprint density at radius 2 is 0.978 bits per heavy atom. The number of nitrogens with zero attached hydrogens (tertiary/aromatic N) is 2. The van der Waals surface area contributed by atoms with E-state index in [9.17, 15) is 49.5 Å². The Morgan fingerprint density at radius 3 is 1.28 bits per heavy atom. The quantitative estimate of drug-likeness (QED) is 0.292. The SMILES string of the molecule is O=C(Nc1ccc(OC(F)(F)F)c(F)c1)NC1CCN(C(=O)N2CCC(NC(=O)Nc3ccc(OC(F)(F)F)c(F)c3)CC2)CC1. The first-order chi connectivity index (χ1) is 21.5. The van der Waals surface area contributed by atoms with Crippen LogP contribution in [0.25, 0.3) is 0 Å². The maximum Gasteiger partial charge on any atom is 0.573 e. The average Bonchev–Trinajstić information content (AvgIpc) is 2.95. The van der Waals surface area contributed by atoms with E-state index in [2.05, 4.69) is 30.7 Å². The molecule has 6 amide bonds. The van der Waals surface area contributed by atoms with E-state index >= 15 is 0 Å². The van der Waals surface area contributed by atoms with E-state index in [0.717, 1.165) is 24.3 Å². The molecule has 252 valence electrons. The molecule has 19 heteroatoms. The molecular weight excluding hydrogens is 640 g/mol. The van der Waals surface area contributed by atoms with E-state index in [4.69, 9.17) is 0 Å². The molecule has 4 N–H and O–H groups in total. The minimum absolute atomic E-state index is 0.0879. The zero-order valence-electron chi connectivity index (χ0n) is 23.7. The number of carbonyl (C=O) groups is 3. The van der Waals surface area contributed by atoms with E-state index in [0.29, 0.717) is 64.0 Å². The molecular formula is C27H28F8N6O5. The number of alkyl halides is 6. The Balaban J connectivity index is 1.15. The summed E-state index contributed by atoms with van der Waals surface area (Å²) in [4.78, 5) is 40.9. The summed E-state index contributed by atoms with van der Waals surface area (Å²) in [5.41, 5.74) is -0.176. The molecule has 4 rings (SSSR count). The number of urea groups is 3. The zero-order chi connectivity index (χ0) is 33.6. The molecule has 2 aromatic carbocycles. The van der Waals surface area contributed by atoms with Gasteiger partial charge in [0.1, 0.15) is 0 Å². The summed E-state index contributed by atoms with van der Waals surface area (Å²) in [5, 5.41) is 10.0. The van der Waals surface area contributed by atoms with Crippen molar-refractivity contribution in [2.45, 2.75) is 50.5 Å². The van der Waals surface area contributed by atoms with Crippen LogP contribution in [0.3, 0.4) is 0 Å². The lowest BCUT2D eigenvalue weighted by Crippen LogP contribution is -2.54. The van der Waals surface area contributed by atoms with Crippen LogP contribution in [-0.2, 0) is 0 Å². The predicted octanol–water partition coefficient (Wildman–Crippen LogP) is 5.75. The number of ether oxygens (including phenoxy) is 2. The molecule has 2 saturated heterocycles. The number of rotatable bonds is 6. The second-order valence-electron chi connectivity index (χ2n) is 10.4. The van der Waals surface area contributed by atoms with E-state index in [1.807, 2.05) is 0 Å². The molecule has 2 fully saturated rings. The van der Waals surface area contributed by atoms with Crippen LogP contribution in [0, 0.1) is 11.6 Å². The highest BCUT2D eigenvalue weighted by Gasteiger charge is 2.34. The maximum absolute atomic E-state index is 13.9. The first-order valence-corrected chi connectivity index (χ1v) is 13.8. The smallest absolute Gasteiger partial charge is 0.403 e. The second-order valence-corrected chi connectivity index (χ2v) is 10.4. The monoisotopic (exact) mass is 668 g/mol. The van der Waals surface area contributed by atoms with Gasteiger partial charge in [0.15, 0.2) is 23.1 Å². The molecule has 0 saturated carbocycles. The van der Waals surface area contributed by atoms with Gasteiger partial charge in [0.05, 0.1) is 0 Å². The molecule has 11 nitrogen and oxygen atoms in total. The lowest BCUT2D eigenvalue weighted by Gasteiger charge is -2.38. The summed E-state index contributed by atoms with van der Waals surface area (Å²) >= 11 is 0. The van der Waals surface area contributed by atoms with Crippen molar-refractivity contribution in [2.75, 3.05) is 36.8 Å². The van der Waals surface area contributed by atoms with Crippen LogP contribution >= 0.6 is 0 Å². The van der Waals surface area contributed by atoms with Gasteiger partial charge in [-0.1, -0.05) is 0 Å². The third kappa shape index (κ3) is 10.2. The van der Waals surface area contributed by atoms with Crippen LogP contribution < -0.4 is 30.7 Å². The average molecular weight is 669 g/mol. The number of likely N-dealkylation sites (tertiary alicyclic amines) is 2. The first kappa shape index (κ1) is 34.2. The van der Waals surface area contributed by atoms with Crippen molar-refractivity contribution < 1.29 is 59.0 Å². The van der Waals surface area contributed by atoms with Gasteiger partial charge in [-0.25, -0.2) is 23.2 Å². The number of carbonyl (C=O) groups excluding carboxylic acids is 3. The lowest BCUT2D eigenvalue weighted by molar-refractivity contribution is -0.276. The fourth-order valence-corrected chi connectivity index (χ4v) is 4.91. The molecule has 2 heterocycles. The van der Waals surface area contributed by atoms with Crippen molar-refractivity contribution in [3.63, 3.8) is 0 Å². The minimum atomic E-state index is -5.07. The standard InChI is InChI=1S/C27H28F8N6O5/c28-19-13-17(1-3-21(19)45-26(30,31)32)38-23(42)36-15-5-9-40(10-6-15)25(44)41-11-7-16(8-12-41)37-24(43)39-18-2-4-22(20(29)14-18)46-27(33,34)35/h1-4,13-16H,5-12H2,(H2,36,38,42)(H2,37,39,43). The molecule has 0 bridgehead atoms. The van der Waals surface area contributed by atoms with E-state index in [-0.39, 0.29) is 29.5 Å². The molecule has 2 aromatic rings. The molecule has 46 heavy (non-hydrogen) atoms. The van der Waals surface area contributed by atoms with Crippen molar-refractivity contribution >= 4 is 29.5 Å². The van der Waals surface area contributed by atoms with Gasteiger partial charge in [-0.2, -0.15) is 0 Å². The fraction of sp³-hybridized carbons (Fsp3) is 0.444. The second kappa shape index (κ2) is 14.2. The normalized spacial score (nSPS) is 16.4. The highest BCUT2D eigenvalue weighted by molar-refractivity contribution is 5.90. The molecule has 0 radical (unpaired) electrons. The Hall–Kier alpha value is -4.71. The summed E-state index contributed by atoms with van der Waals surface area (Å²) in [7, 11) is 0. The number of hydrogen-bond acceptors (Lipinski definition) is 5. The van der Waals surface area contributed by atoms with Gasteiger partial charge in [-0.15, -0.1) is 26.3 Å². The maximum atomic E-state index is 13.9. The van der Waals surface area contributed by atoms with Crippen LogP contribution in [0.5, 0.6) is 11.5 Å². The van der Waals surface area contributed by atoms with Crippen molar-refractivity contribution in [3.8, 4) is 11.5 Å². The largest absolute Gasteiger partial charge is 0.573 e. The number of amides is 6. The highest BCUT2D eigenvalue weighted by atomic mass is 19.4. The number of benzene rings is 2. The molecule has 0 aromatic heterocycles. The molecule has 0 unspecified atom stereocenters. The first-order valence-electron chi connectivity index (χ1n) is 13.8. The van der Waals surface area contributed by atoms with Crippen molar-refractivity contribution in [1.29, 1.82) is 0 Å². The van der Waals surface area contributed by atoms with Gasteiger partial charge in [-0.3, -0.25) is 0 Å². The van der Waals surface area contributed by atoms with Crippen LogP contribution in [0.4, 0.5) is 60.9 Å². The lowest BCUT2D eigenvalue weighted by atomic mass is 10.0.